The minimum atomic E-state index is -0.189. The quantitative estimate of drug-likeness (QED) is 0.769. The molecule has 0 saturated carbocycles. The lowest BCUT2D eigenvalue weighted by Crippen LogP contribution is -2.32. The summed E-state index contributed by atoms with van der Waals surface area (Å²) >= 11 is 0. The maximum Gasteiger partial charge on any atom is 0.123 e. The topological polar surface area (TPSA) is 18.5 Å². The molecule has 4 heteroatoms. The number of aryl methyl sites for hydroxylation is 1. The van der Waals surface area contributed by atoms with Crippen LogP contribution in [0.15, 0.2) is 18.2 Å². The van der Waals surface area contributed by atoms with Crippen molar-refractivity contribution in [2.75, 3.05) is 6.61 Å². The summed E-state index contributed by atoms with van der Waals surface area (Å²) in [6.07, 6.45) is 3.02. The average Bonchev–Trinajstić information content (AvgIpc) is 2.35. The zero-order chi connectivity index (χ0) is 12.3. The molecule has 2 nitrogen and oxygen atoms in total. The summed E-state index contributed by atoms with van der Waals surface area (Å²) in [6.45, 7) is 2.82. The van der Waals surface area contributed by atoms with Gasteiger partial charge in [-0.05, 0) is 43.0 Å². The van der Waals surface area contributed by atoms with Gasteiger partial charge in [-0.3, -0.25) is 0 Å². The van der Waals surface area contributed by atoms with Crippen molar-refractivity contribution >= 4 is 9.47 Å². The third-order valence-electron chi connectivity index (χ3n) is 3.36. The van der Waals surface area contributed by atoms with Gasteiger partial charge >= 0.3 is 0 Å². The summed E-state index contributed by atoms with van der Waals surface area (Å²) in [4.78, 5) is 0. The first-order chi connectivity index (χ1) is 8.24. The van der Waals surface area contributed by atoms with E-state index in [1.54, 1.807) is 12.1 Å². The van der Waals surface area contributed by atoms with E-state index in [1.165, 1.54) is 6.07 Å². The molecule has 3 atom stereocenters. The lowest BCUT2D eigenvalue weighted by Gasteiger charge is -2.31. The first-order valence-electron chi connectivity index (χ1n) is 6.01. The van der Waals surface area contributed by atoms with Crippen LogP contribution in [0, 0.1) is 11.7 Å². The van der Waals surface area contributed by atoms with E-state index in [-0.39, 0.29) is 11.9 Å². The van der Waals surface area contributed by atoms with Gasteiger partial charge in [0.2, 0.25) is 0 Å². The molecule has 0 bridgehead atoms. The molecule has 0 aliphatic carbocycles. The predicted octanol–water partition coefficient (Wildman–Crippen LogP) is 3.35. The number of ether oxygens (including phenoxy) is 1. The van der Waals surface area contributed by atoms with Crippen molar-refractivity contribution in [2.45, 2.75) is 32.3 Å². The Morgan fingerprint density at radius 2 is 2.41 bits per heavy atom. The molecule has 1 aliphatic heterocycles. The molecule has 17 heavy (non-hydrogen) atoms. The van der Waals surface area contributed by atoms with Crippen LogP contribution < -0.4 is 4.74 Å². The van der Waals surface area contributed by atoms with Crippen molar-refractivity contribution in [2.24, 2.45) is 5.92 Å². The second-order valence-corrected chi connectivity index (χ2v) is 4.78. The summed E-state index contributed by atoms with van der Waals surface area (Å²) in [6, 6.07) is 4.75. The van der Waals surface area contributed by atoms with Gasteiger partial charge in [0.25, 0.3) is 0 Å². The average molecular weight is 256 g/mol. The van der Waals surface area contributed by atoms with E-state index in [9.17, 15) is 4.39 Å². The minimum absolute atomic E-state index is 0.179. The Hall–Kier alpha value is -0.660. The Labute approximate surface area is 104 Å². The molecule has 0 saturated heterocycles. The summed E-state index contributed by atoms with van der Waals surface area (Å²) in [7, 11) is 2.28. The van der Waals surface area contributed by atoms with Crippen molar-refractivity contribution in [1.29, 1.82) is 0 Å². The van der Waals surface area contributed by atoms with Crippen molar-refractivity contribution in [3.05, 3.63) is 29.6 Å². The zero-order valence-electron chi connectivity index (χ0n) is 9.99. The smallest absolute Gasteiger partial charge is 0.123 e. The van der Waals surface area contributed by atoms with Crippen LogP contribution in [0.25, 0.3) is 0 Å². The highest BCUT2D eigenvalue weighted by molar-refractivity contribution is 7.09. The number of halogens is 1. The Morgan fingerprint density at radius 3 is 3.12 bits per heavy atom. The molecule has 0 spiro atoms. The van der Waals surface area contributed by atoms with E-state index in [0.717, 1.165) is 30.6 Å². The van der Waals surface area contributed by atoms with Crippen molar-refractivity contribution < 1.29 is 13.7 Å². The number of fused-ring (bicyclic) bond motifs is 1. The predicted molar refractivity (Wildman–Crippen MR) is 68.6 cm³/mol. The van der Waals surface area contributed by atoms with Crippen molar-refractivity contribution in [1.82, 2.24) is 0 Å². The third kappa shape index (κ3) is 2.97. The van der Waals surface area contributed by atoms with Crippen LogP contribution in [-0.2, 0) is 10.9 Å². The van der Waals surface area contributed by atoms with Crippen LogP contribution in [0.2, 0.25) is 0 Å². The number of hydrogen-bond donors (Lipinski definition) is 0. The van der Waals surface area contributed by atoms with Crippen molar-refractivity contribution in [3.8, 4) is 5.75 Å². The van der Waals surface area contributed by atoms with Crippen LogP contribution in [0.5, 0.6) is 5.75 Å². The largest absolute Gasteiger partial charge is 0.490 e. The van der Waals surface area contributed by atoms with Crippen LogP contribution in [0.1, 0.15) is 25.3 Å². The first kappa shape index (κ1) is 12.8. The molecule has 94 valence electrons. The summed E-state index contributed by atoms with van der Waals surface area (Å²) in [5, 5.41) is 0. The Bertz CT molecular complexity index is 384. The highest BCUT2D eigenvalue weighted by Gasteiger charge is 2.26. The fourth-order valence-electron chi connectivity index (χ4n) is 2.32. The van der Waals surface area contributed by atoms with Gasteiger partial charge in [0, 0.05) is 15.4 Å². The first-order valence-corrected chi connectivity index (χ1v) is 6.48. The van der Waals surface area contributed by atoms with Crippen molar-refractivity contribution in [3.63, 3.8) is 0 Å². The number of rotatable bonds is 4. The van der Waals surface area contributed by atoms with E-state index in [4.69, 9.17) is 9.26 Å². The van der Waals surface area contributed by atoms with E-state index in [1.807, 2.05) is 0 Å². The van der Waals surface area contributed by atoms with Crippen LogP contribution >= 0.6 is 9.47 Å². The molecule has 1 aliphatic rings. The number of hydrogen-bond acceptors (Lipinski definition) is 2. The van der Waals surface area contributed by atoms with Gasteiger partial charge < -0.3 is 9.26 Å². The summed E-state index contributed by atoms with van der Waals surface area (Å²) < 4.78 is 24.1. The Morgan fingerprint density at radius 1 is 1.59 bits per heavy atom. The molecule has 2 unspecified atom stereocenters. The van der Waals surface area contributed by atoms with Gasteiger partial charge in [0.05, 0.1) is 6.61 Å². The normalized spacial score (nSPS) is 20.5. The SMILES string of the molecule is CC[C@@H](COP)C1CCc2cc(F)ccc2O1. The maximum absolute atomic E-state index is 13.1. The summed E-state index contributed by atoms with van der Waals surface area (Å²) in [5.74, 6) is 1.03. The lowest BCUT2D eigenvalue weighted by atomic mass is 9.92. The van der Waals surface area contributed by atoms with E-state index >= 15 is 0 Å². The second kappa shape index (κ2) is 5.79. The third-order valence-corrected chi connectivity index (χ3v) is 3.55. The summed E-state index contributed by atoms with van der Waals surface area (Å²) in [5.41, 5.74) is 0.975. The van der Waals surface area contributed by atoms with Gasteiger partial charge in [-0.2, -0.15) is 0 Å². The van der Waals surface area contributed by atoms with E-state index in [0.29, 0.717) is 12.5 Å². The number of benzene rings is 1. The highest BCUT2D eigenvalue weighted by Crippen LogP contribution is 2.31. The van der Waals surface area contributed by atoms with Crippen LogP contribution in [0.3, 0.4) is 0 Å². The van der Waals surface area contributed by atoms with E-state index in [2.05, 4.69) is 16.4 Å². The molecule has 1 aromatic carbocycles. The standard InChI is InChI=1S/C13H18FO2P/c1-2-9(8-15-17)12-5-3-10-7-11(14)4-6-13(10)16-12/h4,6-7,9,12H,2-3,5,8,17H2,1H3/t9-,12?/m0/s1. The van der Waals surface area contributed by atoms with Gasteiger partial charge in [-0.1, -0.05) is 6.92 Å². The molecule has 1 heterocycles. The van der Waals surface area contributed by atoms with Gasteiger partial charge in [0.15, 0.2) is 0 Å². The second-order valence-electron chi connectivity index (χ2n) is 4.45. The maximum atomic E-state index is 13.1. The van der Waals surface area contributed by atoms with Crippen LogP contribution in [0.4, 0.5) is 4.39 Å². The molecular weight excluding hydrogens is 238 g/mol. The fourth-order valence-corrected chi connectivity index (χ4v) is 2.57. The Balaban J connectivity index is 2.09. The fraction of sp³-hybridized carbons (Fsp3) is 0.538. The molecule has 0 fully saturated rings. The monoisotopic (exact) mass is 256 g/mol. The molecular formula is C13H18FO2P. The Kier molecular flexibility index (Phi) is 4.36. The lowest BCUT2D eigenvalue weighted by molar-refractivity contribution is 0.0808. The molecule has 0 N–H and O–H groups in total. The zero-order valence-corrected chi connectivity index (χ0v) is 11.1. The highest BCUT2D eigenvalue weighted by atomic mass is 31.0. The van der Waals surface area contributed by atoms with Gasteiger partial charge in [0.1, 0.15) is 17.7 Å². The molecule has 1 aromatic rings. The van der Waals surface area contributed by atoms with E-state index < -0.39 is 0 Å². The molecule has 0 aromatic heterocycles. The minimum Gasteiger partial charge on any atom is -0.490 e. The molecule has 0 amide bonds. The van der Waals surface area contributed by atoms with Gasteiger partial charge in [-0.15, -0.1) is 0 Å². The van der Waals surface area contributed by atoms with Gasteiger partial charge in [-0.25, -0.2) is 4.39 Å². The molecule has 0 radical (unpaired) electrons. The van der Waals surface area contributed by atoms with Crippen LogP contribution in [-0.4, -0.2) is 12.7 Å². The molecule has 2 rings (SSSR count).